The van der Waals surface area contributed by atoms with Gasteiger partial charge in [-0.3, -0.25) is 4.40 Å². The lowest BCUT2D eigenvalue weighted by molar-refractivity contribution is 0.651. The third-order valence-corrected chi connectivity index (χ3v) is 3.19. The molecule has 1 N–H and O–H groups in total. The topological polar surface area (TPSA) is 42.2 Å². The number of nitrogens with one attached hydrogen (secondary N) is 1. The average molecular weight is 267 g/mol. The summed E-state index contributed by atoms with van der Waals surface area (Å²) in [5.74, 6) is 0.962. The van der Waals surface area contributed by atoms with Crippen LogP contribution in [0.2, 0.25) is 0 Å². The van der Waals surface area contributed by atoms with Crippen LogP contribution in [-0.4, -0.2) is 20.6 Å². The van der Waals surface area contributed by atoms with Crippen LogP contribution in [0, 0.1) is 0 Å². The molecule has 0 atom stereocenters. The molecular formula is C10H11BrN4. The summed E-state index contributed by atoms with van der Waals surface area (Å²) in [5, 5.41) is 11.7. The quantitative estimate of drug-likeness (QED) is 0.861. The summed E-state index contributed by atoms with van der Waals surface area (Å²) in [6.45, 7) is 0.786. The predicted molar refractivity (Wildman–Crippen MR) is 60.5 cm³/mol. The first-order chi connectivity index (χ1) is 7.34. The van der Waals surface area contributed by atoms with Gasteiger partial charge in [0.2, 0.25) is 0 Å². The summed E-state index contributed by atoms with van der Waals surface area (Å²) in [5.41, 5.74) is 0.886. The van der Waals surface area contributed by atoms with Crippen molar-refractivity contribution in [2.75, 3.05) is 0 Å². The van der Waals surface area contributed by atoms with Crippen molar-refractivity contribution in [3.63, 3.8) is 0 Å². The van der Waals surface area contributed by atoms with E-state index in [1.807, 2.05) is 22.6 Å². The Labute approximate surface area is 95.8 Å². The third-order valence-electron chi connectivity index (χ3n) is 2.57. The number of nitrogens with zero attached hydrogens (tertiary/aromatic N) is 3. The standard InChI is InChI=1S/C10H11BrN4/c11-8-2-1-3-9-13-14-10(15(8)9)6-12-7-4-5-7/h1-3,7,12H,4-6H2. The minimum Gasteiger partial charge on any atom is -0.307 e. The molecule has 1 aliphatic rings. The Kier molecular flexibility index (Phi) is 2.21. The predicted octanol–water partition coefficient (Wildman–Crippen LogP) is 1.74. The Hall–Kier alpha value is -0.940. The smallest absolute Gasteiger partial charge is 0.161 e. The molecule has 0 bridgehead atoms. The molecule has 4 nitrogen and oxygen atoms in total. The second-order valence-corrected chi connectivity index (χ2v) is 4.63. The molecule has 0 aromatic carbocycles. The van der Waals surface area contributed by atoms with Crippen LogP contribution in [0.3, 0.4) is 0 Å². The van der Waals surface area contributed by atoms with Crippen LogP contribution in [0.15, 0.2) is 22.8 Å². The first kappa shape index (κ1) is 9.30. The molecule has 1 aliphatic carbocycles. The van der Waals surface area contributed by atoms with Crippen molar-refractivity contribution < 1.29 is 0 Å². The molecule has 2 heterocycles. The van der Waals surface area contributed by atoms with Crippen LogP contribution in [0.4, 0.5) is 0 Å². The number of fused-ring (bicyclic) bond motifs is 1. The molecule has 0 spiro atoms. The maximum absolute atomic E-state index is 4.18. The highest BCUT2D eigenvalue weighted by molar-refractivity contribution is 9.10. The zero-order valence-corrected chi connectivity index (χ0v) is 9.74. The average Bonchev–Trinajstić information content (AvgIpc) is 2.96. The molecule has 0 radical (unpaired) electrons. The summed E-state index contributed by atoms with van der Waals surface area (Å²) in [7, 11) is 0. The highest BCUT2D eigenvalue weighted by Gasteiger charge is 2.21. The molecule has 2 aromatic rings. The van der Waals surface area contributed by atoms with Crippen molar-refractivity contribution in [3.8, 4) is 0 Å². The fourth-order valence-corrected chi connectivity index (χ4v) is 2.14. The van der Waals surface area contributed by atoms with Gasteiger partial charge in [-0.1, -0.05) is 6.07 Å². The van der Waals surface area contributed by atoms with Gasteiger partial charge in [0.1, 0.15) is 0 Å². The summed E-state index contributed by atoms with van der Waals surface area (Å²) in [4.78, 5) is 0. The van der Waals surface area contributed by atoms with E-state index in [9.17, 15) is 0 Å². The Balaban J connectivity index is 1.94. The lowest BCUT2D eigenvalue weighted by atomic mass is 10.4. The third kappa shape index (κ3) is 1.77. The van der Waals surface area contributed by atoms with Crippen molar-refractivity contribution in [3.05, 3.63) is 28.6 Å². The van der Waals surface area contributed by atoms with Crippen molar-refractivity contribution in [2.45, 2.75) is 25.4 Å². The van der Waals surface area contributed by atoms with Gasteiger partial charge in [0.25, 0.3) is 0 Å². The van der Waals surface area contributed by atoms with E-state index in [2.05, 4.69) is 31.4 Å². The molecule has 15 heavy (non-hydrogen) atoms. The number of halogens is 1. The fraction of sp³-hybridized carbons (Fsp3) is 0.400. The summed E-state index contributed by atoms with van der Waals surface area (Å²) in [6.07, 6.45) is 2.58. The molecule has 2 aromatic heterocycles. The molecule has 5 heteroatoms. The second-order valence-electron chi connectivity index (χ2n) is 3.81. The molecule has 1 fully saturated rings. The largest absolute Gasteiger partial charge is 0.307 e. The second kappa shape index (κ2) is 3.57. The van der Waals surface area contributed by atoms with Crippen molar-refractivity contribution >= 4 is 21.6 Å². The van der Waals surface area contributed by atoms with Crippen LogP contribution in [-0.2, 0) is 6.54 Å². The van der Waals surface area contributed by atoms with E-state index < -0.39 is 0 Å². The molecule has 0 saturated heterocycles. The van der Waals surface area contributed by atoms with Crippen LogP contribution in [0.25, 0.3) is 5.65 Å². The lowest BCUT2D eigenvalue weighted by Crippen LogP contribution is -2.17. The first-order valence-electron chi connectivity index (χ1n) is 5.06. The van der Waals surface area contributed by atoms with Crippen molar-refractivity contribution in [2.24, 2.45) is 0 Å². The first-order valence-corrected chi connectivity index (χ1v) is 5.86. The summed E-state index contributed by atoms with van der Waals surface area (Å²) >= 11 is 3.50. The Morgan fingerprint density at radius 1 is 1.40 bits per heavy atom. The van der Waals surface area contributed by atoms with Gasteiger partial charge in [0.15, 0.2) is 11.5 Å². The summed E-state index contributed by atoms with van der Waals surface area (Å²) in [6, 6.07) is 6.61. The van der Waals surface area contributed by atoms with E-state index in [1.54, 1.807) is 0 Å². The number of aromatic nitrogens is 3. The van der Waals surface area contributed by atoms with E-state index in [0.717, 1.165) is 22.6 Å². The highest BCUT2D eigenvalue weighted by Crippen LogP contribution is 2.20. The maximum atomic E-state index is 4.18. The Bertz CT molecular complexity index is 489. The van der Waals surface area contributed by atoms with E-state index in [4.69, 9.17) is 0 Å². The molecule has 3 rings (SSSR count). The zero-order chi connectivity index (χ0) is 10.3. The fourth-order valence-electron chi connectivity index (χ4n) is 1.60. The van der Waals surface area contributed by atoms with Gasteiger partial charge in [0, 0.05) is 6.04 Å². The van der Waals surface area contributed by atoms with Crippen LogP contribution in [0.5, 0.6) is 0 Å². The number of rotatable bonds is 3. The van der Waals surface area contributed by atoms with Gasteiger partial charge < -0.3 is 5.32 Å². The van der Waals surface area contributed by atoms with Gasteiger partial charge in [-0.25, -0.2) is 0 Å². The van der Waals surface area contributed by atoms with E-state index in [0.29, 0.717) is 6.04 Å². The lowest BCUT2D eigenvalue weighted by Gasteiger charge is -2.02. The number of pyridine rings is 1. The van der Waals surface area contributed by atoms with Gasteiger partial charge in [-0.05, 0) is 40.9 Å². The molecule has 0 unspecified atom stereocenters. The Morgan fingerprint density at radius 3 is 3.07 bits per heavy atom. The highest BCUT2D eigenvalue weighted by atomic mass is 79.9. The van der Waals surface area contributed by atoms with Gasteiger partial charge in [0.05, 0.1) is 11.1 Å². The summed E-state index contributed by atoms with van der Waals surface area (Å²) < 4.78 is 3.02. The van der Waals surface area contributed by atoms with Crippen molar-refractivity contribution in [1.29, 1.82) is 0 Å². The van der Waals surface area contributed by atoms with Crippen LogP contribution < -0.4 is 5.32 Å². The Morgan fingerprint density at radius 2 is 2.27 bits per heavy atom. The van der Waals surface area contributed by atoms with Gasteiger partial charge >= 0.3 is 0 Å². The minimum atomic E-state index is 0.694. The van der Waals surface area contributed by atoms with Crippen LogP contribution >= 0.6 is 15.9 Å². The molecule has 1 saturated carbocycles. The SMILES string of the molecule is Brc1cccc2nnc(CNC3CC3)n12. The zero-order valence-electron chi connectivity index (χ0n) is 8.15. The molecular weight excluding hydrogens is 256 g/mol. The van der Waals surface area contributed by atoms with Gasteiger partial charge in [-0.2, -0.15) is 0 Å². The molecule has 0 amide bonds. The normalized spacial score (nSPS) is 16.1. The van der Waals surface area contributed by atoms with Gasteiger partial charge in [-0.15, -0.1) is 10.2 Å². The molecule has 0 aliphatic heterocycles. The van der Waals surface area contributed by atoms with E-state index in [-0.39, 0.29) is 0 Å². The van der Waals surface area contributed by atoms with E-state index in [1.165, 1.54) is 12.8 Å². The number of hydrogen-bond acceptors (Lipinski definition) is 3. The molecule has 78 valence electrons. The van der Waals surface area contributed by atoms with E-state index >= 15 is 0 Å². The number of hydrogen-bond donors (Lipinski definition) is 1. The monoisotopic (exact) mass is 266 g/mol. The van der Waals surface area contributed by atoms with Crippen LogP contribution in [0.1, 0.15) is 18.7 Å². The minimum absolute atomic E-state index is 0.694. The van der Waals surface area contributed by atoms with Crippen molar-refractivity contribution in [1.82, 2.24) is 19.9 Å². The maximum Gasteiger partial charge on any atom is 0.161 e.